The molecule has 0 aromatic rings. The zero-order chi connectivity index (χ0) is 40.3. The molecule has 6 nitrogen and oxygen atoms in total. The Balaban J connectivity index is 4.29. The van der Waals surface area contributed by atoms with Gasteiger partial charge in [0.2, 0.25) is 0 Å². The van der Waals surface area contributed by atoms with E-state index < -0.39 is 6.10 Å². The third-order valence-electron chi connectivity index (χ3n) is 11.0. The molecule has 6 heteroatoms. The molecule has 0 aromatic carbocycles. The van der Waals surface area contributed by atoms with E-state index in [1.165, 1.54) is 167 Å². The molecule has 0 radical (unpaired) electrons. The molecule has 0 spiro atoms. The van der Waals surface area contributed by atoms with Crippen LogP contribution in [0.5, 0.6) is 0 Å². The van der Waals surface area contributed by atoms with Crippen LogP contribution in [-0.2, 0) is 28.6 Å². The number of unbranched alkanes of at least 4 members (excludes halogenated alkanes) is 31. The lowest BCUT2D eigenvalue weighted by Gasteiger charge is -2.18. The Morgan fingerprint density at radius 1 is 0.345 bits per heavy atom. The van der Waals surface area contributed by atoms with Crippen molar-refractivity contribution < 1.29 is 28.6 Å². The SMILES string of the molecule is CCCCCCCCCCCCCCCCC(=O)O[C@@H](COC(=O)CCCCCCCCCCC)COC(=O)CCCCCCCCCCCCCC(C)C. The quantitative estimate of drug-likeness (QED) is 0.0348. The topological polar surface area (TPSA) is 78.9 Å². The first kappa shape index (κ1) is 53.4. The summed E-state index contributed by atoms with van der Waals surface area (Å²) in [5, 5.41) is 0. The molecule has 0 bridgehead atoms. The Labute approximate surface area is 342 Å². The minimum atomic E-state index is -0.759. The largest absolute Gasteiger partial charge is 0.462 e. The zero-order valence-corrected chi connectivity index (χ0v) is 37.4. The van der Waals surface area contributed by atoms with E-state index in [-0.39, 0.29) is 31.1 Å². The van der Waals surface area contributed by atoms with Crippen LogP contribution in [0.3, 0.4) is 0 Å². The summed E-state index contributed by atoms with van der Waals surface area (Å²) >= 11 is 0. The smallest absolute Gasteiger partial charge is 0.306 e. The van der Waals surface area contributed by atoms with Crippen LogP contribution in [0.15, 0.2) is 0 Å². The molecule has 0 unspecified atom stereocenters. The molecule has 0 N–H and O–H groups in total. The fourth-order valence-corrected chi connectivity index (χ4v) is 7.33. The summed E-state index contributed by atoms with van der Waals surface area (Å²) in [6, 6.07) is 0. The molecule has 55 heavy (non-hydrogen) atoms. The van der Waals surface area contributed by atoms with Gasteiger partial charge < -0.3 is 14.2 Å². The monoisotopic (exact) mass is 779 g/mol. The lowest BCUT2D eigenvalue weighted by molar-refractivity contribution is -0.167. The van der Waals surface area contributed by atoms with Crippen LogP contribution in [0.2, 0.25) is 0 Å². The zero-order valence-electron chi connectivity index (χ0n) is 37.4. The van der Waals surface area contributed by atoms with Gasteiger partial charge in [0.15, 0.2) is 6.10 Å². The Morgan fingerprint density at radius 3 is 0.891 bits per heavy atom. The van der Waals surface area contributed by atoms with Crippen molar-refractivity contribution in [2.24, 2.45) is 5.92 Å². The second kappa shape index (κ2) is 43.5. The molecule has 0 saturated heterocycles. The van der Waals surface area contributed by atoms with Crippen LogP contribution in [0.1, 0.15) is 272 Å². The van der Waals surface area contributed by atoms with Crippen molar-refractivity contribution in [1.29, 1.82) is 0 Å². The lowest BCUT2D eigenvalue weighted by atomic mass is 10.0. The first-order valence-electron chi connectivity index (χ1n) is 24.4. The number of hydrogen-bond donors (Lipinski definition) is 0. The molecule has 0 aliphatic heterocycles. The minimum Gasteiger partial charge on any atom is -0.462 e. The molecule has 0 fully saturated rings. The van der Waals surface area contributed by atoms with Crippen molar-refractivity contribution in [3.63, 3.8) is 0 Å². The van der Waals surface area contributed by atoms with Gasteiger partial charge in [0.25, 0.3) is 0 Å². The predicted molar refractivity (Wildman–Crippen MR) is 233 cm³/mol. The first-order valence-corrected chi connectivity index (χ1v) is 24.4. The van der Waals surface area contributed by atoms with Gasteiger partial charge in [-0.05, 0) is 25.2 Å². The maximum atomic E-state index is 12.7. The third-order valence-corrected chi connectivity index (χ3v) is 11.0. The molecule has 0 rings (SSSR count). The average Bonchev–Trinajstić information content (AvgIpc) is 3.17. The summed E-state index contributed by atoms with van der Waals surface area (Å²) in [5.41, 5.74) is 0. The van der Waals surface area contributed by atoms with Crippen molar-refractivity contribution in [3.05, 3.63) is 0 Å². The second-order valence-corrected chi connectivity index (χ2v) is 17.2. The summed E-state index contributed by atoms with van der Waals surface area (Å²) < 4.78 is 16.7. The Bertz CT molecular complexity index is 826. The van der Waals surface area contributed by atoms with Crippen molar-refractivity contribution >= 4 is 17.9 Å². The highest BCUT2D eigenvalue weighted by Crippen LogP contribution is 2.16. The molecule has 326 valence electrons. The van der Waals surface area contributed by atoms with Crippen LogP contribution in [0.4, 0.5) is 0 Å². The molecule has 0 aliphatic rings. The molecule has 0 aromatic heterocycles. The van der Waals surface area contributed by atoms with E-state index in [4.69, 9.17) is 14.2 Å². The van der Waals surface area contributed by atoms with Gasteiger partial charge in [-0.3, -0.25) is 14.4 Å². The van der Waals surface area contributed by atoms with Crippen LogP contribution in [-0.4, -0.2) is 37.2 Å². The molecule has 1 atom stereocenters. The van der Waals surface area contributed by atoms with Crippen LogP contribution in [0.25, 0.3) is 0 Å². The maximum Gasteiger partial charge on any atom is 0.306 e. The van der Waals surface area contributed by atoms with Gasteiger partial charge in [-0.2, -0.15) is 0 Å². The van der Waals surface area contributed by atoms with E-state index in [1.54, 1.807) is 0 Å². The predicted octanol–water partition coefficient (Wildman–Crippen LogP) is 15.5. The summed E-state index contributed by atoms with van der Waals surface area (Å²) in [6.07, 6.45) is 43.7. The minimum absolute atomic E-state index is 0.0634. The first-order chi connectivity index (χ1) is 26.9. The van der Waals surface area contributed by atoms with Crippen LogP contribution < -0.4 is 0 Å². The summed E-state index contributed by atoms with van der Waals surface area (Å²) in [4.78, 5) is 37.8. The molecular weight excluding hydrogens is 685 g/mol. The summed E-state index contributed by atoms with van der Waals surface area (Å²) in [6.45, 7) is 8.99. The highest BCUT2D eigenvalue weighted by molar-refractivity contribution is 5.71. The number of carbonyl (C=O) groups is 3. The lowest BCUT2D eigenvalue weighted by Crippen LogP contribution is -2.30. The van der Waals surface area contributed by atoms with Crippen molar-refractivity contribution in [3.8, 4) is 0 Å². The standard InChI is InChI=1S/C49H94O6/c1-5-7-9-11-13-15-16-17-18-21-26-30-34-38-42-49(52)55-46(43-53-47(50)40-36-32-28-23-14-12-10-8-6-2)44-54-48(51)41-37-33-29-25-22-19-20-24-27-31-35-39-45(3)4/h45-46H,5-44H2,1-4H3/t46-/m0/s1. The number of rotatable bonds is 44. The summed E-state index contributed by atoms with van der Waals surface area (Å²) in [5.74, 6) is -0.0242. The number of carbonyl (C=O) groups excluding carboxylic acids is 3. The van der Waals surface area contributed by atoms with E-state index in [1.807, 2.05) is 0 Å². The number of esters is 3. The van der Waals surface area contributed by atoms with Crippen molar-refractivity contribution in [2.45, 2.75) is 278 Å². The van der Waals surface area contributed by atoms with Crippen molar-refractivity contribution in [2.75, 3.05) is 13.2 Å². The second-order valence-electron chi connectivity index (χ2n) is 17.2. The highest BCUT2D eigenvalue weighted by atomic mass is 16.6. The van der Waals surface area contributed by atoms with E-state index in [0.717, 1.165) is 63.7 Å². The molecule has 0 saturated carbocycles. The van der Waals surface area contributed by atoms with Crippen molar-refractivity contribution in [1.82, 2.24) is 0 Å². The fraction of sp³-hybridized carbons (Fsp3) is 0.939. The van der Waals surface area contributed by atoms with Gasteiger partial charge in [0, 0.05) is 19.3 Å². The van der Waals surface area contributed by atoms with Crippen LogP contribution in [0, 0.1) is 5.92 Å². The molecular formula is C49H94O6. The number of ether oxygens (including phenoxy) is 3. The normalized spacial score (nSPS) is 11.9. The Morgan fingerprint density at radius 2 is 0.600 bits per heavy atom. The van der Waals surface area contributed by atoms with Gasteiger partial charge in [0.05, 0.1) is 0 Å². The molecule has 0 amide bonds. The third kappa shape index (κ3) is 43.4. The van der Waals surface area contributed by atoms with Gasteiger partial charge in [-0.15, -0.1) is 0 Å². The molecule has 0 aliphatic carbocycles. The van der Waals surface area contributed by atoms with Gasteiger partial charge in [-0.25, -0.2) is 0 Å². The maximum absolute atomic E-state index is 12.7. The average molecular weight is 779 g/mol. The van der Waals surface area contributed by atoms with E-state index in [0.29, 0.717) is 19.3 Å². The van der Waals surface area contributed by atoms with E-state index >= 15 is 0 Å². The Kier molecular flexibility index (Phi) is 42.3. The van der Waals surface area contributed by atoms with E-state index in [9.17, 15) is 14.4 Å². The Hall–Kier alpha value is -1.59. The van der Waals surface area contributed by atoms with Crippen LogP contribution >= 0.6 is 0 Å². The van der Waals surface area contributed by atoms with E-state index in [2.05, 4.69) is 27.7 Å². The molecule has 0 heterocycles. The highest BCUT2D eigenvalue weighted by Gasteiger charge is 2.19. The van der Waals surface area contributed by atoms with Gasteiger partial charge in [-0.1, -0.05) is 233 Å². The number of hydrogen-bond acceptors (Lipinski definition) is 6. The summed E-state index contributed by atoms with van der Waals surface area (Å²) in [7, 11) is 0. The van der Waals surface area contributed by atoms with Gasteiger partial charge in [0.1, 0.15) is 13.2 Å². The van der Waals surface area contributed by atoms with Gasteiger partial charge >= 0.3 is 17.9 Å². The fourth-order valence-electron chi connectivity index (χ4n) is 7.33.